The van der Waals surface area contributed by atoms with Gasteiger partial charge in [-0.25, -0.2) is 5.53 Å². The van der Waals surface area contributed by atoms with E-state index in [1.165, 1.54) is 6.20 Å². The molecule has 1 fully saturated rings. The van der Waals surface area contributed by atoms with Gasteiger partial charge in [-0.3, -0.25) is 9.97 Å². The van der Waals surface area contributed by atoms with Crippen LogP contribution in [0.1, 0.15) is 50.8 Å². The molecule has 8 nitrogen and oxygen atoms in total. The molecule has 1 saturated carbocycles. The number of nitrogens with one attached hydrogen (secondary N) is 4. The second-order valence-electron chi connectivity index (χ2n) is 11.6. The number of alkyl halides is 3. The van der Waals surface area contributed by atoms with Gasteiger partial charge in [0.1, 0.15) is 11.8 Å². The second kappa shape index (κ2) is 11.3. The number of fused-ring (bicyclic) bond motifs is 2. The number of nitrogens with zero attached hydrogens (tertiary/aromatic N) is 4. The maximum absolute atomic E-state index is 13.6. The number of hydrogen-bond acceptors (Lipinski definition) is 8. The van der Waals surface area contributed by atoms with Crippen LogP contribution in [0.25, 0.3) is 21.8 Å². The minimum absolute atomic E-state index is 0.0583. The summed E-state index contributed by atoms with van der Waals surface area (Å²) in [5, 5.41) is 24.8. The fourth-order valence-electron chi connectivity index (χ4n) is 4.64. The van der Waals surface area contributed by atoms with Gasteiger partial charge >= 0.3 is 6.18 Å². The van der Waals surface area contributed by atoms with E-state index in [-0.39, 0.29) is 21.8 Å². The quantitative estimate of drug-likeness (QED) is 0.134. The highest BCUT2D eigenvalue weighted by Gasteiger charge is 2.47. The number of nitriles is 1. The molecule has 43 heavy (non-hydrogen) atoms. The van der Waals surface area contributed by atoms with Crippen LogP contribution in [0.15, 0.2) is 71.9 Å². The highest BCUT2D eigenvalue weighted by atomic mass is 35.5. The van der Waals surface area contributed by atoms with E-state index in [4.69, 9.17) is 17.1 Å². The zero-order chi connectivity index (χ0) is 31.0. The molecule has 0 spiro atoms. The standard InChI is InChI=1S/C31H30ClF3N8/c1-29(2,31(33,34)35)17-40-26-18(14-36)15-39-27-22(26)12-19(13-23(27)32)42-28(25(43-37)16-41-30(3)9-10-30)21-6-4-8-24-20(21)7-5-11-38-24/h4-8,11-13,15-16,28,37,41-42H,9-10,17H2,1-3H3,(H,39,40)/b25-16-,43-37?/t28-/m0/s1. The predicted octanol–water partition coefficient (Wildman–Crippen LogP) is 8.48. The Balaban J connectivity index is 1.62. The van der Waals surface area contributed by atoms with Crippen molar-refractivity contribution in [2.45, 2.75) is 51.4 Å². The maximum atomic E-state index is 13.6. The van der Waals surface area contributed by atoms with Gasteiger partial charge in [-0.15, -0.1) is 0 Å². The summed E-state index contributed by atoms with van der Waals surface area (Å²) in [6.07, 6.45) is 2.26. The van der Waals surface area contributed by atoms with Crippen LogP contribution in [-0.4, -0.2) is 28.2 Å². The summed E-state index contributed by atoms with van der Waals surface area (Å²) in [5.74, 6) is 0. The van der Waals surface area contributed by atoms with Gasteiger partial charge in [0, 0.05) is 47.1 Å². The number of aromatic nitrogens is 2. The first-order valence-electron chi connectivity index (χ1n) is 13.6. The summed E-state index contributed by atoms with van der Waals surface area (Å²) >= 11 is 6.67. The first-order valence-corrected chi connectivity index (χ1v) is 14.0. The number of pyridine rings is 2. The van der Waals surface area contributed by atoms with Crippen molar-refractivity contribution in [1.82, 2.24) is 15.3 Å². The normalized spacial score (nSPS) is 15.5. The first kappa shape index (κ1) is 30.0. The largest absolute Gasteiger partial charge is 0.395 e. The zero-order valence-corrected chi connectivity index (χ0v) is 24.5. The topological polar surface area (TPSA) is 122 Å². The lowest BCUT2D eigenvalue weighted by atomic mass is 9.92. The lowest BCUT2D eigenvalue weighted by Gasteiger charge is -2.29. The van der Waals surface area contributed by atoms with Gasteiger partial charge in [0.15, 0.2) is 0 Å². The Hall–Kier alpha value is -4.43. The summed E-state index contributed by atoms with van der Waals surface area (Å²) in [6, 6.07) is 14.2. The van der Waals surface area contributed by atoms with Crippen LogP contribution in [0, 0.1) is 22.3 Å². The van der Waals surface area contributed by atoms with E-state index in [0.717, 1.165) is 43.2 Å². The fraction of sp³-hybridized carbons (Fsp3) is 0.323. The van der Waals surface area contributed by atoms with Crippen molar-refractivity contribution in [3.05, 3.63) is 82.9 Å². The molecule has 4 aromatic rings. The van der Waals surface area contributed by atoms with Crippen molar-refractivity contribution < 1.29 is 13.2 Å². The Morgan fingerprint density at radius 2 is 1.95 bits per heavy atom. The van der Waals surface area contributed by atoms with Crippen LogP contribution in [0.4, 0.5) is 24.5 Å². The Labute approximate surface area is 251 Å². The molecule has 1 aliphatic rings. The third kappa shape index (κ3) is 6.20. The molecule has 2 heterocycles. The Kier molecular flexibility index (Phi) is 7.92. The van der Waals surface area contributed by atoms with Crippen molar-refractivity contribution in [3.8, 4) is 6.07 Å². The number of rotatable bonds is 10. The number of halogens is 4. The van der Waals surface area contributed by atoms with Crippen LogP contribution in [0.5, 0.6) is 0 Å². The smallest absolute Gasteiger partial charge is 0.384 e. The number of benzene rings is 2. The monoisotopic (exact) mass is 606 g/mol. The summed E-state index contributed by atoms with van der Waals surface area (Å²) in [6.45, 7) is 3.80. The van der Waals surface area contributed by atoms with Crippen molar-refractivity contribution in [1.29, 1.82) is 10.8 Å². The van der Waals surface area contributed by atoms with Gasteiger partial charge in [0.05, 0.1) is 38.8 Å². The molecule has 12 heteroatoms. The molecular weight excluding hydrogens is 577 g/mol. The van der Waals surface area contributed by atoms with Crippen LogP contribution in [0.2, 0.25) is 5.02 Å². The molecule has 0 saturated heterocycles. The van der Waals surface area contributed by atoms with E-state index in [1.807, 2.05) is 36.4 Å². The van der Waals surface area contributed by atoms with Crippen LogP contribution in [0.3, 0.4) is 0 Å². The summed E-state index contributed by atoms with van der Waals surface area (Å²) in [7, 11) is 0. The molecule has 222 valence electrons. The first-order chi connectivity index (χ1) is 20.4. The summed E-state index contributed by atoms with van der Waals surface area (Å²) in [4.78, 5) is 8.78. The second-order valence-corrected chi connectivity index (χ2v) is 12.0. The highest BCUT2D eigenvalue weighted by Crippen LogP contribution is 2.41. The van der Waals surface area contributed by atoms with Crippen LogP contribution < -0.4 is 16.0 Å². The molecule has 0 unspecified atom stereocenters. The molecule has 2 aromatic heterocycles. The molecule has 1 aliphatic carbocycles. The molecule has 2 aromatic carbocycles. The summed E-state index contributed by atoms with van der Waals surface area (Å²) < 4.78 is 40.9. The third-order valence-electron chi connectivity index (χ3n) is 7.81. The van der Waals surface area contributed by atoms with Gasteiger partial charge in [-0.1, -0.05) is 29.8 Å². The molecule has 0 radical (unpaired) electrons. The van der Waals surface area contributed by atoms with E-state index >= 15 is 0 Å². The van der Waals surface area contributed by atoms with Gasteiger partial charge in [0.25, 0.3) is 0 Å². The molecular formula is C31H30ClF3N8. The molecule has 5 rings (SSSR count). The number of hydrogen-bond donors (Lipinski definition) is 4. The van der Waals surface area contributed by atoms with Gasteiger partial charge in [-0.05, 0) is 63.4 Å². The average Bonchev–Trinajstić information content (AvgIpc) is 3.71. The Morgan fingerprint density at radius 3 is 2.63 bits per heavy atom. The molecule has 4 N–H and O–H groups in total. The molecule has 1 atom stereocenters. The van der Waals surface area contributed by atoms with Crippen molar-refractivity contribution >= 4 is 44.8 Å². The lowest BCUT2D eigenvalue weighted by molar-refractivity contribution is -0.206. The number of anilines is 2. The minimum atomic E-state index is -4.46. The van der Waals surface area contributed by atoms with E-state index in [9.17, 15) is 18.4 Å². The lowest BCUT2D eigenvalue weighted by Crippen LogP contribution is -2.38. The van der Waals surface area contributed by atoms with Crippen LogP contribution >= 0.6 is 11.6 Å². The van der Waals surface area contributed by atoms with E-state index in [2.05, 4.69) is 38.0 Å². The van der Waals surface area contributed by atoms with Crippen molar-refractivity contribution in [2.24, 2.45) is 10.5 Å². The van der Waals surface area contributed by atoms with Gasteiger partial charge in [-0.2, -0.15) is 23.5 Å². The zero-order valence-electron chi connectivity index (χ0n) is 23.8. The van der Waals surface area contributed by atoms with E-state index in [1.54, 1.807) is 24.5 Å². The molecule has 0 bridgehead atoms. The van der Waals surface area contributed by atoms with E-state index in [0.29, 0.717) is 22.3 Å². The SMILES string of the molecule is CC1(N/C=C(\N=N)[C@@H](Nc2cc(Cl)c3ncc(C#N)c(NCC(C)(C)C(F)(F)F)c3c2)c2cccc3ncccc23)CC1. The Morgan fingerprint density at radius 1 is 1.19 bits per heavy atom. The van der Waals surface area contributed by atoms with Gasteiger partial charge < -0.3 is 16.0 Å². The fourth-order valence-corrected chi connectivity index (χ4v) is 4.91. The van der Waals surface area contributed by atoms with Crippen LogP contribution in [-0.2, 0) is 0 Å². The maximum Gasteiger partial charge on any atom is 0.395 e. The predicted molar refractivity (Wildman–Crippen MR) is 162 cm³/mol. The van der Waals surface area contributed by atoms with Crippen molar-refractivity contribution in [3.63, 3.8) is 0 Å². The summed E-state index contributed by atoms with van der Waals surface area (Å²) in [5.41, 5.74) is 8.99. The van der Waals surface area contributed by atoms with Gasteiger partial charge in [0.2, 0.25) is 0 Å². The third-order valence-corrected chi connectivity index (χ3v) is 8.10. The molecule has 0 amide bonds. The molecule has 0 aliphatic heterocycles. The average molecular weight is 607 g/mol. The minimum Gasteiger partial charge on any atom is -0.384 e. The Bertz CT molecular complexity index is 1770. The van der Waals surface area contributed by atoms with Crippen molar-refractivity contribution in [2.75, 3.05) is 17.2 Å². The highest BCUT2D eigenvalue weighted by molar-refractivity contribution is 6.35. The van der Waals surface area contributed by atoms with E-state index < -0.39 is 24.2 Å².